The van der Waals surface area contributed by atoms with E-state index in [4.69, 9.17) is 0 Å². The van der Waals surface area contributed by atoms with Crippen LogP contribution >= 0.6 is 0 Å². The van der Waals surface area contributed by atoms with E-state index in [0.29, 0.717) is 11.1 Å². The minimum Gasteiger partial charge on any atom is -0.308 e. The van der Waals surface area contributed by atoms with Gasteiger partial charge in [-0.25, -0.2) is 0 Å². The van der Waals surface area contributed by atoms with E-state index in [1.54, 1.807) is 0 Å². The third kappa shape index (κ3) is 3.52. The Morgan fingerprint density at radius 3 is 2.42 bits per heavy atom. The van der Waals surface area contributed by atoms with E-state index in [1.807, 2.05) is 0 Å². The summed E-state index contributed by atoms with van der Waals surface area (Å²) in [5.41, 5.74) is 0.764. The number of unbranched alkanes of at least 4 members (excludes halogenated alkanes) is 3. The van der Waals surface area contributed by atoms with Gasteiger partial charge in [0.25, 0.3) is 0 Å². The molecule has 1 heterocycles. The second-order valence-corrected chi connectivity index (χ2v) is 7.38. The predicted octanol–water partition coefficient (Wildman–Crippen LogP) is 3.81. The Morgan fingerprint density at radius 2 is 1.84 bits per heavy atom. The number of rotatable bonds is 7. The first-order chi connectivity index (χ1) is 9.04. The molecule has 1 aliphatic heterocycles. The van der Waals surface area contributed by atoms with Gasteiger partial charge in [0.15, 0.2) is 0 Å². The van der Waals surface area contributed by atoms with Gasteiger partial charge in [-0.2, -0.15) is 0 Å². The number of hydrogen-bond acceptors (Lipinski definition) is 2. The molecule has 0 aromatic heterocycles. The minimum atomic E-state index is 0.332. The van der Waals surface area contributed by atoms with E-state index in [1.165, 1.54) is 64.6 Å². The van der Waals surface area contributed by atoms with Gasteiger partial charge in [-0.05, 0) is 52.0 Å². The molecule has 0 bridgehead atoms. The lowest BCUT2D eigenvalue weighted by Crippen LogP contribution is -2.68. The lowest BCUT2D eigenvalue weighted by atomic mass is 9.84. The van der Waals surface area contributed by atoms with Crippen LogP contribution in [0.1, 0.15) is 72.6 Å². The van der Waals surface area contributed by atoms with Crippen molar-refractivity contribution in [2.45, 2.75) is 83.7 Å². The van der Waals surface area contributed by atoms with Crippen molar-refractivity contribution in [2.75, 3.05) is 19.6 Å². The quantitative estimate of drug-likeness (QED) is 0.705. The SMILES string of the molecule is CCCCCCN1CC(C)(CC)NCC1(C)C1CC1. The normalized spacial score (nSPS) is 36.6. The predicted molar refractivity (Wildman–Crippen MR) is 83.5 cm³/mol. The number of hydrogen-bond donors (Lipinski definition) is 1. The molecular formula is C17H34N2. The molecule has 0 amide bonds. The van der Waals surface area contributed by atoms with Crippen LogP contribution in [0, 0.1) is 5.92 Å². The molecular weight excluding hydrogens is 232 g/mol. The Kier molecular flexibility index (Phi) is 4.94. The Bertz CT molecular complexity index is 287. The van der Waals surface area contributed by atoms with Crippen LogP contribution in [0.3, 0.4) is 0 Å². The molecule has 2 atom stereocenters. The number of nitrogens with one attached hydrogen (secondary N) is 1. The largest absolute Gasteiger partial charge is 0.308 e. The number of nitrogens with zero attached hydrogens (tertiary/aromatic N) is 1. The van der Waals surface area contributed by atoms with Gasteiger partial charge in [-0.3, -0.25) is 4.90 Å². The van der Waals surface area contributed by atoms with Crippen molar-refractivity contribution in [3.05, 3.63) is 0 Å². The summed E-state index contributed by atoms with van der Waals surface area (Å²) >= 11 is 0. The highest BCUT2D eigenvalue weighted by atomic mass is 15.3. The van der Waals surface area contributed by atoms with Gasteiger partial charge < -0.3 is 5.32 Å². The minimum absolute atomic E-state index is 0.332. The third-order valence-electron chi connectivity index (χ3n) is 5.65. The first-order valence-electron chi connectivity index (χ1n) is 8.54. The molecule has 0 spiro atoms. The van der Waals surface area contributed by atoms with Crippen LogP contribution in [-0.4, -0.2) is 35.6 Å². The molecule has 1 aliphatic carbocycles. The monoisotopic (exact) mass is 266 g/mol. The summed E-state index contributed by atoms with van der Waals surface area (Å²) in [5, 5.41) is 3.85. The maximum atomic E-state index is 3.85. The molecule has 2 heteroatoms. The van der Waals surface area contributed by atoms with E-state index in [0.717, 1.165) is 5.92 Å². The average Bonchev–Trinajstić information content (AvgIpc) is 3.24. The Labute approximate surface area is 120 Å². The zero-order valence-electron chi connectivity index (χ0n) is 13.6. The molecule has 0 aromatic carbocycles. The van der Waals surface area contributed by atoms with Gasteiger partial charge in [0.05, 0.1) is 0 Å². The molecule has 1 saturated carbocycles. The Balaban J connectivity index is 1.95. The van der Waals surface area contributed by atoms with Crippen molar-refractivity contribution >= 4 is 0 Å². The lowest BCUT2D eigenvalue weighted by Gasteiger charge is -2.53. The molecule has 2 nitrogen and oxygen atoms in total. The molecule has 2 rings (SSSR count). The number of piperazine rings is 1. The van der Waals surface area contributed by atoms with E-state index >= 15 is 0 Å². The summed E-state index contributed by atoms with van der Waals surface area (Å²) < 4.78 is 0. The molecule has 112 valence electrons. The van der Waals surface area contributed by atoms with Gasteiger partial charge in [0.2, 0.25) is 0 Å². The fourth-order valence-electron chi connectivity index (χ4n) is 3.57. The molecule has 2 fully saturated rings. The summed E-state index contributed by atoms with van der Waals surface area (Å²) in [6.45, 7) is 13.3. The zero-order valence-corrected chi connectivity index (χ0v) is 13.6. The fourth-order valence-corrected chi connectivity index (χ4v) is 3.57. The fraction of sp³-hybridized carbons (Fsp3) is 1.00. The van der Waals surface area contributed by atoms with Gasteiger partial charge in [0.1, 0.15) is 0 Å². The van der Waals surface area contributed by atoms with E-state index in [-0.39, 0.29) is 0 Å². The van der Waals surface area contributed by atoms with Crippen LogP contribution in [0.15, 0.2) is 0 Å². The first-order valence-corrected chi connectivity index (χ1v) is 8.54. The lowest BCUT2D eigenvalue weighted by molar-refractivity contribution is 0.00404. The standard InChI is InChI=1S/C17H34N2/c1-5-7-8-9-12-19-14-16(3,6-2)18-13-17(19,4)15-10-11-15/h15,18H,5-14H2,1-4H3. The second-order valence-electron chi connectivity index (χ2n) is 7.38. The van der Waals surface area contributed by atoms with Crippen molar-refractivity contribution < 1.29 is 0 Å². The van der Waals surface area contributed by atoms with Crippen molar-refractivity contribution in [3.8, 4) is 0 Å². The zero-order chi connectivity index (χ0) is 13.9. The van der Waals surface area contributed by atoms with E-state index in [2.05, 4.69) is 37.9 Å². The summed E-state index contributed by atoms with van der Waals surface area (Å²) in [5.74, 6) is 0.951. The topological polar surface area (TPSA) is 15.3 Å². The van der Waals surface area contributed by atoms with Crippen molar-refractivity contribution in [3.63, 3.8) is 0 Å². The van der Waals surface area contributed by atoms with E-state index < -0.39 is 0 Å². The smallest absolute Gasteiger partial charge is 0.0334 e. The van der Waals surface area contributed by atoms with Crippen LogP contribution in [0.4, 0.5) is 0 Å². The summed E-state index contributed by atoms with van der Waals surface area (Å²) in [7, 11) is 0. The first kappa shape index (κ1) is 15.3. The van der Waals surface area contributed by atoms with Gasteiger partial charge in [0, 0.05) is 24.2 Å². The highest BCUT2D eigenvalue weighted by Crippen LogP contribution is 2.45. The van der Waals surface area contributed by atoms with Crippen LogP contribution < -0.4 is 5.32 Å². The third-order valence-corrected chi connectivity index (χ3v) is 5.65. The maximum Gasteiger partial charge on any atom is 0.0334 e. The van der Waals surface area contributed by atoms with Gasteiger partial charge in [-0.15, -0.1) is 0 Å². The van der Waals surface area contributed by atoms with E-state index in [9.17, 15) is 0 Å². The highest BCUT2D eigenvalue weighted by Gasteiger charge is 2.49. The average molecular weight is 266 g/mol. The van der Waals surface area contributed by atoms with Gasteiger partial charge in [-0.1, -0.05) is 33.1 Å². The second kappa shape index (κ2) is 6.13. The van der Waals surface area contributed by atoms with Crippen molar-refractivity contribution in [2.24, 2.45) is 5.92 Å². The summed E-state index contributed by atoms with van der Waals surface area (Å²) in [4.78, 5) is 2.83. The van der Waals surface area contributed by atoms with Crippen LogP contribution in [0.25, 0.3) is 0 Å². The molecule has 1 saturated heterocycles. The maximum absolute atomic E-state index is 3.85. The van der Waals surface area contributed by atoms with Crippen molar-refractivity contribution in [1.29, 1.82) is 0 Å². The molecule has 2 aliphatic rings. The van der Waals surface area contributed by atoms with Crippen LogP contribution in [0.5, 0.6) is 0 Å². The highest BCUT2D eigenvalue weighted by molar-refractivity contribution is 5.07. The summed E-state index contributed by atoms with van der Waals surface area (Å²) in [6.07, 6.45) is 9.67. The Hall–Kier alpha value is -0.0800. The summed E-state index contributed by atoms with van der Waals surface area (Å²) in [6, 6.07) is 0. The molecule has 0 aromatic rings. The van der Waals surface area contributed by atoms with Crippen LogP contribution in [0.2, 0.25) is 0 Å². The molecule has 1 N–H and O–H groups in total. The molecule has 19 heavy (non-hydrogen) atoms. The van der Waals surface area contributed by atoms with Crippen LogP contribution in [-0.2, 0) is 0 Å². The van der Waals surface area contributed by atoms with Gasteiger partial charge >= 0.3 is 0 Å². The molecule has 0 radical (unpaired) electrons. The molecule has 2 unspecified atom stereocenters. The Morgan fingerprint density at radius 1 is 1.11 bits per heavy atom. The van der Waals surface area contributed by atoms with Crippen molar-refractivity contribution in [1.82, 2.24) is 10.2 Å².